The molecule has 1 saturated heterocycles. The predicted molar refractivity (Wildman–Crippen MR) is 79.4 cm³/mol. The molecule has 1 aliphatic heterocycles. The van der Waals surface area contributed by atoms with Crippen LogP contribution in [0, 0.1) is 5.41 Å². The first kappa shape index (κ1) is 14.4. The van der Waals surface area contributed by atoms with Crippen LogP contribution in [-0.2, 0) is 9.84 Å². The number of benzene rings is 1. The molecular weight excluding hydrogens is 258 g/mol. The first-order valence-corrected chi connectivity index (χ1v) is 8.73. The van der Waals surface area contributed by atoms with Crippen LogP contribution in [0.4, 0.5) is 5.69 Å². The van der Waals surface area contributed by atoms with Gasteiger partial charge in [0.2, 0.25) is 0 Å². The lowest BCUT2D eigenvalue weighted by Gasteiger charge is -2.26. The Morgan fingerprint density at radius 3 is 2.47 bits per heavy atom. The zero-order chi connectivity index (χ0) is 14.1. The van der Waals surface area contributed by atoms with E-state index in [1.165, 1.54) is 12.7 Å². The Hall–Kier alpha value is -1.03. The molecule has 0 unspecified atom stereocenters. The standard InChI is InChI=1S/C15H23NO2S/c1-15(2)9-6-11-16(12-10-15)13-7-4-5-8-14(13)19(3,17)18/h4-5,7-8H,6,9-12H2,1-3H3. The Kier molecular flexibility index (Phi) is 3.90. The predicted octanol–water partition coefficient (Wildman–Crippen LogP) is 3.11. The molecule has 0 N–H and O–H groups in total. The quantitative estimate of drug-likeness (QED) is 0.836. The van der Waals surface area contributed by atoms with Crippen molar-refractivity contribution in [2.75, 3.05) is 24.2 Å². The molecule has 106 valence electrons. The van der Waals surface area contributed by atoms with Crippen molar-refractivity contribution in [1.82, 2.24) is 0 Å². The summed E-state index contributed by atoms with van der Waals surface area (Å²) in [6.07, 6.45) is 4.70. The summed E-state index contributed by atoms with van der Waals surface area (Å²) in [5.41, 5.74) is 1.22. The highest BCUT2D eigenvalue weighted by Crippen LogP contribution is 2.33. The molecule has 0 amide bonds. The minimum absolute atomic E-state index is 0.356. The fourth-order valence-electron chi connectivity index (χ4n) is 2.70. The van der Waals surface area contributed by atoms with Crippen molar-refractivity contribution in [3.8, 4) is 0 Å². The van der Waals surface area contributed by atoms with Gasteiger partial charge in [0.15, 0.2) is 9.84 Å². The van der Waals surface area contributed by atoms with Crippen molar-refractivity contribution < 1.29 is 8.42 Å². The second-order valence-corrected chi connectivity index (χ2v) is 8.23. The van der Waals surface area contributed by atoms with Gasteiger partial charge in [-0.05, 0) is 36.8 Å². The van der Waals surface area contributed by atoms with Crippen LogP contribution in [0.3, 0.4) is 0 Å². The summed E-state index contributed by atoms with van der Waals surface area (Å²) in [5, 5.41) is 0. The van der Waals surface area contributed by atoms with Gasteiger partial charge in [0.25, 0.3) is 0 Å². The number of nitrogens with zero attached hydrogens (tertiary/aromatic N) is 1. The van der Waals surface area contributed by atoms with Crippen LogP contribution in [0.15, 0.2) is 29.2 Å². The Labute approximate surface area is 116 Å². The monoisotopic (exact) mass is 281 g/mol. The molecule has 1 aromatic rings. The summed E-state index contributed by atoms with van der Waals surface area (Å²) >= 11 is 0. The van der Waals surface area contributed by atoms with Gasteiger partial charge in [-0.3, -0.25) is 0 Å². The van der Waals surface area contributed by atoms with Gasteiger partial charge in [0.05, 0.1) is 10.6 Å². The van der Waals surface area contributed by atoms with Crippen molar-refractivity contribution in [1.29, 1.82) is 0 Å². The molecule has 0 aromatic heterocycles. The van der Waals surface area contributed by atoms with Gasteiger partial charge in [-0.1, -0.05) is 26.0 Å². The van der Waals surface area contributed by atoms with E-state index in [9.17, 15) is 8.42 Å². The second kappa shape index (κ2) is 5.16. The molecule has 0 bridgehead atoms. The normalized spacial score (nSPS) is 20.1. The summed E-state index contributed by atoms with van der Waals surface area (Å²) in [6, 6.07) is 7.34. The summed E-state index contributed by atoms with van der Waals surface area (Å²) in [6.45, 7) is 6.45. The average molecular weight is 281 g/mol. The van der Waals surface area contributed by atoms with E-state index >= 15 is 0 Å². The number of hydrogen-bond acceptors (Lipinski definition) is 3. The number of anilines is 1. The molecule has 0 radical (unpaired) electrons. The van der Waals surface area contributed by atoms with Crippen LogP contribution >= 0.6 is 0 Å². The van der Waals surface area contributed by atoms with Crippen LogP contribution in [0.2, 0.25) is 0 Å². The lowest BCUT2D eigenvalue weighted by molar-refractivity contribution is 0.325. The smallest absolute Gasteiger partial charge is 0.177 e. The molecule has 1 aromatic carbocycles. The number of hydrogen-bond donors (Lipinski definition) is 0. The zero-order valence-corrected chi connectivity index (χ0v) is 12.8. The van der Waals surface area contributed by atoms with Gasteiger partial charge in [0.1, 0.15) is 0 Å². The number of sulfone groups is 1. The molecule has 0 atom stereocenters. The van der Waals surface area contributed by atoms with E-state index in [0.717, 1.165) is 31.6 Å². The van der Waals surface area contributed by atoms with Crippen LogP contribution in [0.5, 0.6) is 0 Å². The maximum Gasteiger partial charge on any atom is 0.177 e. The van der Waals surface area contributed by atoms with E-state index in [4.69, 9.17) is 0 Å². The van der Waals surface area contributed by atoms with Crippen molar-refractivity contribution in [2.45, 2.75) is 38.0 Å². The summed E-state index contributed by atoms with van der Waals surface area (Å²) in [5.74, 6) is 0. The molecule has 19 heavy (non-hydrogen) atoms. The average Bonchev–Trinajstić information content (AvgIpc) is 2.49. The van der Waals surface area contributed by atoms with Crippen molar-refractivity contribution in [2.24, 2.45) is 5.41 Å². The van der Waals surface area contributed by atoms with Crippen LogP contribution in [0.1, 0.15) is 33.1 Å². The van der Waals surface area contributed by atoms with Crippen molar-refractivity contribution >= 4 is 15.5 Å². The van der Waals surface area contributed by atoms with Crippen molar-refractivity contribution in [3.63, 3.8) is 0 Å². The third kappa shape index (κ3) is 3.50. The molecular formula is C15H23NO2S. The lowest BCUT2D eigenvalue weighted by atomic mass is 9.85. The van der Waals surface area contributed by atoms with E-state index in [1.807, 2.05) is 12.1 Å². The molecule has 2 rings (SSSR count). The highest BCUT2D eigenvalue weighted by molar-refractivity contribution is 7.90. The number of para-hydroxylation sites is 1. The van der Waals surface area contributed by atoms with Gasteiger partial charge >= 0.3 is 0 Å². The highest BCUT2D eigenvalue weighted by atomic mass is 32.2. The minimum Gasteiger partial charge on any atom is -0.370 e. The van der Waals surface area contributed by atoms with Crippen LogP contribution in [0.25, 0.3) is 0 Å². The lowest BCUT2D eigenvalue weighted by Crippen LogP contribution is -2.26. The molecule has 0 spiro atoms. The van der Waals surface area contributed by atoms with E-state index in [2.05, 4.69) is 18.7 Å². The highest BCUT2D eigenvalue weighted by Gasteiger charge is 2.25. The van der Waals surface area contributed by atoms with E-state index in [-0.39, 0.29) is 0 Å². The van der Waals surface area contributed by atoms with E-state index in [1.54, 1.807) is 12.1 Å². The molecule has 1 fully saturated rings. The zero-order valence-electron chi connectivity index (χ0n) is 12.0. The number of rotatable bonds is 2. The second-order valence-electron chi connectivity index (χ2n) is 6.24. The van der Waals surface area contributed by atoms with Gasteiger partial charge in [0, 0.05) is 19.3 Å². The van der Waals surface area contributed by atoms with Crippen LogP contribution in [-0.4, -0.2) is 27.8 Å². The third-order valence-corrected chi connectivity index (χ3v) is 5.09. The molecule has 0 aliphatic carbocycles. The van der Waals surface area contributed by atoms with Gasteiger partial charge in [-0.2, -0.15) is 0 Å². The molecule has 0 saturated carbocycles. The maximum atomic E-state index is 11.9. The molecule has 1 heterocycles. The molecule has 3 nitrogen and oxygen atoms in total. The largest absolute Gasteiger partial charge is 0.370 e. The van der Waals surface area contributed by atoms with E-state index < -0.39 is 9.84 Å². The molecule has 4 heteroatoms. The summed E-state index contributed by atoms with van der Waals surface area (Å²) in [7, 11) is -3.17. The third-order valence-electron chi connectivity index (χ3n) is 3.95. The minimum atomic E-state index is -3.17. The first-order chi connectivity index (χ1) is 8.80. The van der Waals surface area contributed by atoms with Crippen molar-refractivity contribution in [3.05, 3.63) is 24.3 Å². The summed E-state index contributed by atoms with van der Waals surface area (Å²) < 4.78 is 23.8. The Morgan fingerprint density at radius 2 is 1.79 bits per heavy atom. The SMILES string of the molecule is CC1(C)CCCN(c2ccccc2S(C)(=O)=O)CC1. The Bertz CT molecular complexity index is 549. The molecule has 1 aliphatic rings. The summed E-state index contributed by atoms with van der Waals surface area (Å²) in [4.78, 5) is 2.68. The van der Waals surface area contributed by atoms with Crippen LogP contribution < -0.4 is 4.90 Å². The van der Waals surface area contributed by atoms with E-state index in [0.29, 0.717) is 10.3 Å². The fourth-order valence-corrected chi connectivity index (χ4v) is 3.60. The van der Waals surface area contributed by atoms with Gasteiger partial charge in [-0.15, -0.1) is 0 Å². The Balaban J connectivity index is 2.32. The van der Waals surface area contributed by atoms with Gasteiger partial charge in [-0.25, -0.2) is 8.42 Å². The maximum absolute atomic E-state index is 11.9. The topological polar surface area (TPSA) is 37.4 Å². The fraction of sp³-hybridized carbons (Fsp3) is 0.600. The Morgan fingerprint density at radius 1 is 1.11 bits per heavy atom. The van der Waals surface area contributed by atoms with Gasteiger partial charge < -0.3 is 4.90 Å². The first-order valence-electron chi connectivity index (χ1n) is 6.84.